The van der Waals surface area contributed by atoms with Crippen LogP contribution >= 0.6 is 0 Å². The summed E-state index contributed by atoms with van der Waals surface area (Å²) in [5.74, 6) is 1.55. The fourth-order valence-corrected chi connectivity index (χ4v) is 3.64. The van der Waals surface area contributed by atoms with Gasteiger partial charge in [-0.3, -0.25) is 5.41 Å². The van der Waals surface area contributed by atoms with E-state index in [1.165, 1.54) is 12.8 Å². The van der Waals surface area contributed by atoms with Gasteiger partial charge in [-0.2, -0.15) is 0 Å². The molecule has 1 unspecified atom stereocenters. The number of hydrogen-bond acceptors (Lipinski definition) is 4. The van der Waals surface area contributed by atoms with E-state index in [9.17, 15) is 0 Å². The quantitative estimate of drug-likeness (QED) is 0.318. The Hall–Kier alpha value is -3.14. The Balaban J connectivity index is 1.75. The molecule has 0 radical (unpaired) electrons. The highest BCUT2D eigenvalue weighted by Gasteiger charge is 2.15. The molecular weight excluding hydrogens is 382 g/mol. The number of aromatic nitrogens is 1. The lowest BCUT2D eigenvalue weighted by Crippen LogP contribution is -2.22. The van der Waals surface area contributed by atoms with Gasteiger partial charge in [0.05, 0.1) is 5.71 Å². The summed E-state index contributed by atoms with van der Waals surface area (Å²) < 4.78 is 5.96. The molecule has 0 saturated carbocycles. The van der Waals surface area contributed by atoms with Crippen LogP contribution < -0.4 is 10.1 Å². The van der Waals surface area contributed by atoms with Gasteiger partial charge in [0, 0.05) is 23.4 Å². The lowest BCUT2D eigenvalue weighted by molar-refractivity contribution is 0.306. The molecule has 2 N–H and O–H groups in total. The normalized spacial score (nSPS) is 11.7. The summed E-state index contributed by atoms with van der Waals surface area (Å²) in [6.45, 7) is 4.94. The maximum absolute atomic E-state index is 8.85. The van der Waals surface area contributed by atoms with E-state index in [4.69, 9.17) is 10.1 Å². The van der Waals surface area contributed by atoms with Crippen molar-refractivity contribution in [3.8, 4) is 5.75 Å². The third-order valence-corrected chi connectivity index (χ3v) is 5.33. The van der Waals surface area contributed by atoms with Crippen LogP contribution in [-0.4, -0.2) is 16.7 Å². The van der Waals surface area contributed by atoms with Gasteiger partial charge in [0.2, 0.25) is 0 Å². The minimum atomic E-state index is 0.381. The fraction of sp³-hybridized carbons (Fsp3) is 0.333. The third kappa shape index (κ3) is 6.68. The predicted molar refractivity (Wildman–Crippen MR) is 129 cm³/mol. The zero-order valence-electron chi connectivity index (χ0n) is 18.6. The minimum absolute atomic E-state index is 0.381. The molecule has 1 aromatic heterocycles. The highest BCUT2D eigenvalue weighted by molar-refractivity contribution is 6.13. The third-order valence-electron chi connectivity index (χ3n) is 5.33. The van der Waals surface area contributed by atoms with E-state index in [0.29, 0.717) is 18.4 Å². The van der Waals surface area contributed by atoms with E-state index < -0.39 is 0 Å². The van der Waals surface area contributed by atoms with Crippen molar-refractivity contribution in [3.05, 3.63) is 89.6 Å². The van der Waals surface area contributed by atoms with Gasteiger partial charge < -0.3 is 10.1 Å². The van der Waals surface area contributed by atoms with Gasteiger partial charge in [-0.15, -0.1) is 0 Å². The largest absolute Gasteiger partial charge is 0.489 e. The fourth-order valence-electron chi connectivity index (χ4n) is 3.64. The average molecular weight is 416 g/mol. The van der Waals surface area contributed by atoms with Crippen molar-refractivity contribution in [1.82, 2.24) is 4.98 Å². The Kier molecular flexibility index (Phi) is 8.65. The Morgan fingerprint density at radius 3 is 2.58 bits per heavy atom. The van der Waals surface area contributed by atoms with Crippen molar-refractivity contribution in [1.29, 1.82) is 5.41 Å². The van der Waals surface area contributed by atoms with E-state index in [2.05, 4.69) is 24.1 Å². The summed E-state index contributed by atoms with van der Waals surface area (Å²) >= 11 is 0. The molecule has 162 valence electrons. The first-order valence-electron chi connectivity index (χ1n) is 11.3. The summed E-state index contributed by atoms with van der Waals surface area (Å²) in [6.07, 6.45) is 7.52. The highest BCUT2D eigenvalue weighted by Crippen LogP contribution is 2.23. The Morgan fingerprint density at radius 2 is 1.81 bits per heavy atom. The van der Waals surface area contributed by atoms with Crippen LogP contribution in [0.25, 0.3) is 0 Å². The van der Waals surface area contributed by atoms with E-state index in [0.717, 1.165) is 47.5 Å². The SMILES string of the molecule is CCCCC(CCC)Nc1ncccc1C(=N)c1cccc(OCc2ccccc2)c1. The molecule has 0 bridgehead atoms. The van der Waals surface area contributed by atoms with Crippen molar-refractivity contribution in [3.63, 3.8) is 0 Å². The number of rotatable bonds is 12. The zero-order valence-corrected chi connectivity index (χ0v) is 18.6. The molecule has 0 spiro atoms. The van der Waals surface area contributed by atoms with Crippen LogP contribution in [0.4, 0.5) is 5.82 Å². The smallest absolute Gasteiger partial charge is 0.135 e. The van der Waals surface area contributed by atoms with Crippen molar-refractivity contribution in [2.24, 2.45) is 0 Å². The van der Waals surface area contributed by atoms with Gasteiger partial charge >= 0.3 is 0 Å². The number of anilines is 1. The molecule has 0 amide bonds. The molecule has 3 aromatic rings. The second-order valence-corrected chi connectivity index (χ2v) is 7.85. The summed E-state index contributed by atoms with van der Waals surface area (Å²) in [5, 5.41) is 12.5. The topological polar surface area (TPSA) is 58.0 Å². The second-order valence-electron chi connectivity index (χ2n) is 7.85. The molecule has 4 nitrogen and oxygen atoms in total. The number of ether oxygens (including phenoxy) is 1. The molecule has 1 heterocycles. The molecule has 3 rings (SSSR count). The van der Waals surface area contributed by atoms with Crippen LogP contribution in [0.15, 0.2) is 72.9 Å². The van der Waals surface area contributed by atoms with E-state index in [1.54, 1.807) is 6.20 Å². The maximum atomic E-state index is 8.85. The van der Waals surface area contributed by atoms with Gasteiger partial charge in [-0.05, 0) is 42.7 Å². The first-order valence-corrected chi connectivity index (χ1v) is 11.3. The van der Waals surface area contributed by atoms with Gasteiger partial charge in [0.1, 0.15) is 18.2 Å². The van der Waals surface area contributed by atoms with Crippen LogP contribution in [-0.2, 0) is 6.61 Å². The molecular formula is C27H33N3O. The van der Waals surface area contributed by atoms with Crippen LogP contribution in [0.1, 0.15) is 62.6 Å². The Bertz CT molecular complexity index is 955. The summed E-state index contributed by atoms with van der Waals surface area (Å²) in [4.78, 5) is 4.57. The van der Waals surface area contributed by atoms with E-state index >= 15 is 0 Å². The van der Waals surface area contributed by atoms with Crippen LogP contribution in [0.2, 0.25) is 0 Å². The molecule has 0 aliphatic rings. The number of hydrogen-bond donors (Lipinski definition) is 2. The molecule has 1 atom stereocenters. The minimum Gasteiger partial charge on any atom is -0.489 e. The summed E-state index contributed by atoms with van der Waals surface area (Å²) in [6, 6.07) is 22.1. The lowest BCUT2D eigenvalue weighted by atomic mass is 10.0. The van der Waals surface area contributed by atoms with Crippen molar-refractivity contribution in [2.75, 3.05) is 5.32 Å². The second kappa shape index (κ2) is 11.9. The standard InChI is InChI=1S/C27H33N3O/c1-3-5-15-23(11-4-2)30-27-25(17-10-18-29-27)26(28)22-14-9-16-24(19-22)31-20-21-12-7-6-8-13-21/h6-10,12-14,16-19,23,28H,3-5,11,15,20H2,1-2H3,(H,29,30). The van der Waals surface area contributed by atoms with E-state index in [1.807, 2.05) is 66.7 Å². The van der Waals surface area contributed by atoms with Gasteiger partial charge in [0.25, 0.3) is 0 Å². The van der Waals surface area contributed by atoms with Gasteiger partial charge in [-0.25, -0.2) is 4.98 Å². The number of nitrogens with one attached hydrogen (secondary N) is 2. The predicted octanol–water partition coefficient (Wildman–Crippen LogP) is 6.85. The highest BCUT2D eigenvalue weighted by atomic mass is 16.5. The first kappa shape index (κ1) is 22.5. The van der Waals surface area contributed by atoms with Crippen LogP contribution in [0.3, 0.4) is 0 Å². The zero-order chi connectivity index (χ0) is 21.9. The average Bonchev–Trinajstić information content (AvgIpc) is 2.82. The van der Waals surface area contributed by atoms with Crippen molar-refractivity contribution in [2.45, 2.75) is 58.6 Å². The van der Waals surface area contributed by atoms with Gasteiger partial charge in [-0.1, -0.05) is 75.6 Å². The Labute approximate surface area is 186 Å². The van der Waals surface area contributed by atoms with Crippen LogP contribution in [0.5, 0.6) is 5.75 Å². The molecule has 2 aromatic carbocycles. The maximum Gasteiger partial charge on any atom is 0.135 e. The van der Waals surface area contributed by atoms with Crippen molar-refractivity contribution >= 4 is 11.5 Å². The van der Waals surface area contributed by atoms with E-state index in [-0.39, 0.29) is 0 Å². The molecule has 31 heavy (non-hydrogen) atoms. The molecule has 0 aliphatic heterocycles. The number of nitrogens with zero attached hydrogens (tertiary/aromatic N) is 1. The molecule has 4 heteroatoms. The van der Waals surface area contributed by atoms with Crippen molar-refractivity contribution < 1.29 is 4.74 Å². The summed E-state index contributed by atoms with van der Waals surface area (Å²) in [7, 11) is 0. The number of pyridine rings is 1. The summed E-state index contributed by atoms with van der Waals surface area (Å²) in [5.41, 5.74) is 3.21. The first-order chi connectivity index (χ1) is 15.2. The van der Waals surface area contributed by atoms with Crippen LogP contribution in [0, 0.1) is 5.41 Å². The Morgan fingerprint density at radius 1 is 0.968 bits per heavy atom. The molecule has 0 saturated heterocycles. The number of benzene rings is 2. The number of unbranched alkanes of at least 4 members (excludes halogenated alkanes) is 1. The molecule has 0 aliphatic carbocycles. The van der Waals surface area contributed by atoms with Gasteiger partial charge in [0.15, 0.2) is 0 Å². The lowest BCUT2D eigenvalue weighted by Gasteiger charge is -2.21. The molecule has 0 fully saturated rings. The monoisotopic (exact) mass is 415 g/mol.